The molecule has 108 valence electrons. The fraction of sp³-hybridized carbons (Fsp3) is 0.188. The van der Waals surface area contributed by atoms with E-state index in [0.717, 1.165) is 5.69 Å². The van der Waals surface area contributed by atoms with E-state index in [1.54, 1.807) is 24.0 Å². The van der Waals surface area contributed by atoms with Gasteiger partial charge in [0.25, 0.3) is 11.6 Å². The number of hydrogen-bond donors (Lipinski definition) is 0. The van der Waals surface area contributed by atoms with Crippen LogP contribution in [0.4, 0.5) is 11.4 Å². The van der Waals surface area contributed by atoms with E-state index in [1.807, 2.05) is 37.3 Å². The summed E-state index contributed by atoms with van der Waals surface area (Å²) in [5.74, 6) is -0.244. The highest BCUT2D eigenvalue weighted by Gasteiger charge is 2.19. The van der Waals surface area contributed by atoms with Crippen molar-refractivity contribution in [3.05, 3.63) is 69.8 Å². The number of benzene rings is 2. The minimum absolute atomic E-state index is 0.0371. The number of carbonyl (C=O) groups excluding carboxylic acids is 1. The van der Waals surface area contributed by atoms with Crippen LogP contribution in [0.3, 0.4) is 0 Å². The molecular weight excluding hydrogens is 268 g/mol. The molecule has 0 radical (unpaired) electrons. The summed E-state index contributed by atoms with van der Waals surface area (Å²) in [6.07, 6.45) is 0. The minimum atomic E-state index is -0.467. The van der Waals surface area contributed by atoms with Crippen LogP contribution in [-0.2, 0) is 0 Å². The number of carbonyl (C=O) groups is 1. The van der Waals surface area contributed by atoms with Gasteiger partial charge in [-0.2, -0.15) is 0 Å². The Hall–Kier alpha value is -2.69. The third kappa shape index (κ3) is 3.08. The Kier molecular flexibility index (Phi) is 4.33. The summed E-state index contributed by atoms with van der Waals surface area (Å²) in [5, 5.41) is 11.0. The van der Waals surface area contributed by atoms with Gasteiger partial charge in [-0.15, -0.1) is 0 Å². The van der Waals surface area contributed by atoms with Gasteiger partial charge in [0.2, 0.25) is 0 Å². The number of aryl methyl sites for hydroxylation is 1. The van der Waals surface area contributed by atoms with E-state index in [-0.39, 0.29) is 11.6 Å². The van der Waals surface area contributed by atoms with Gasteiger partial charge in [-0.1, -0.05) is 24.3 Å². The molecule has 0 aliphatic carbocycles. The lowest BCUT2D eigenvalue weighted by Crippen LogP contribution is -2.30. The molecule has 0 atom stereocenters. The second-order valence-corrected chi connectivity index (χ2v) is 4.64. The van der Waals surface area contributed by atoms with Gasteiger partial charge < -0.3 is 4.90 Å². The summed E-state index contributed by atoms with van der Waals surface area (Å²) in [7, 11) is 0. The molecule has 5 nitrogen and oxygen atoms in total. The maximum Gasteiger partial charge on any atom is 0.273 e. The first-order valence-electron chi connectivity index (χ1n) is 6.66. The molecule has 2 rings (SSSR count). The number of nitrogens with zero attached hydrogens (tertiary/aromatic N) is 2. The number of para-hydroxylation sites is 1. The Morgan fingerprint density at radius 3 is 2.43 bits per heavy atom. The van der Waals surface area contributed by atoms with E-state index in [2.05, 4.69) is 0 Å². The zero-order valence-corrected chi connectivity index (χ0v) is 11.9. The first kappa shape index (κ1) is 14.7. The topological polar surface area (TPSA) is 63.5 Å². The van der Waals surface area contributed by atoms with Crippen LogP contribution < -0.4 is 4.90 Å². The Balaban J connectivity index is 2.39. The molecular formula is C16H16N2O3. The highest BCUT2D eigenvalue weighted by atomic mass is 16.6. The molecule has 0 aliphatic heterocycles. The Bertz CT molecular complexity index is 668. The normalized spacial score (nSPS) is 10.2. The van der Waals surface area contributed by atoms with Gasteiger partial charge in [0, 0.05) is 29.4 Å². The summed E-state index contributed by atoms with van der Waals surface area (Å²) in [6.45, 7) is 4.01. The molecule has 0 saturated heterocycles. The number of rotatable bonds is 4. The average molecular weight is 284 g/mol. The molecule has 0 spiro atoms. The molecule has 0 bridgehead atoms. The summed E-state index contributed by atoms with van der Waals surface area (Å²) in [6, 6.07) is 13.8. The van der Waals surface area contributed by atoms with Crippen LogP contribution in [0.2, 0.25) is 0 Å². The molecule has 0 unspecified atom stereocenters. The summed E-state index contributed by atoms with van der Waals surface area (Å²) >= 11 is 0. The van der Waals surface area contributed by atoms with E-state index in [0.29, 0.717) is 17.7 Å². The lowest BCUT2D eigenvalue weighted by molar-refractivity contribution is -0.385. The van der Waals surface area contributed by atoms with Crippen molar-refractivity contribution in [3.8, 4) is 0 Å². The first-order chi connectivity index (χ1) is 10.0. The maximum absolute atomic E-state index is 12.6. The van der Waals surface area contributed by atoms with Crippen LogP contribution in [0.15, 0.2) is 48.5 Å². The Morgan fingerprint density at radius 2 is 1.86 bits per heavy atom. The fourth-order valence-electron chi connectivity index (χ4n) is 2.15. The quantitative estimate of drug-likeness (QED) is 0.637. The van der Waals surface area contributed by atoms with Crippen molar-refractivity contribution < 1.29 is 9.72 Å². The SMILES string of the molecule is CCN(C(=O)c1ccc(C)c([N+](=O)[O-])c1)c1ccccc1. The van der Waals surface area contributed by atoms with E-state index >= 15 is 0 Å². The van der Waals surface area contributed by atoms with Gasteiger partial charge in [-0.3, -0.25) is 14.9 Å². The zero-order valence-electron chi connectivity index (χ0n) is 11.9. The molecule has 1 amide bonds. The van der Waals surface area contributed by atoms with Crippen molar-refractivity contribution in [2.45, 2.75) is 13.8 Å². The molecule has 5 heteroatoms. The van der Waals surface area contributed by atoms with Crippen molar-refractivity contribution >= 4 is 17.3 Å². The highest BCUT2D eigenvalue weighted by molar-refractivity contribution is 6.06. The van der Waals surface area contributed by atoms with E-state index in [4.69, 9.17) is 0 Å². The third-order valence-electron chi connectivity index (χ3n) is 3.28. The van der Waals surface area contributed by atoms with Gasteiger partial charge in [-0.25, -0.2) is 0 Å². The fourth-order valence-corrected chi connectivity index (χ4v) is 2.15. The van der Waals surface area contributed by atoms with Crippen molar-refractivity contribution in [2.75, 3.05) is 11.4 Å². The predicted molar refractivity (Wildman–Crippen MR) is 81.6 cm³/mol. The number of anilines is 1. The summed E-state index contributed by atoms with van der Waals surface area (Å²) in [4.78, 5) is 24.7. The van der Waals surface area contributed by atoms with Crippen LogP contribution in [0.5, 0.6) is 0 Å². The molecule has 0 N–H and O–H groups in total. The van der Waals surface area contributed by atoms with Crippen LogP contribution in [0, 0.1) is 17.0 Å². The van der Waals surface area contributed by atoms with E-state index in [9.17, 15) is 14.9 Å². The molecule has 0 aliphatic rings. The second-order valence-electron chi connectivity index (χ2n) is 4.64. The smallest absolute Gasteiger partial charge is 0.273 e. The molecule has 2 aromatic carbocycles. The predicted octanol–water partition coefficient (Wildman–Crippen LogP) is 3.57. The molecule has 0 aromatic heterocycles. The van der Waals surface area contributed by atoms with Crippen molar-refractivity contribution in [2.24, 2.45) is 0 Å². The average Bonchev–Trinajstić information content (AvgIpc) is 2.49. The number of amides is 1. The third-order valence-corrected chi connectivity index (χ3v) is 3.28. The zero-order chi connectivity index (χ0) is 15.4. The monoisotopic (exact) mass is 284 g/mol. The van der Waals surface area contributed by atoms with E-state index < -0.39 is 4.92 Å². The summed E-state index contributed by atoms with van der Waals surface area (Å²) in [5.41, 5.74) is 1.59. The largest absolute Gasteiger partial charge is 0.309 e. The van der Waals surface area contributed by atoms with Crippen LogP contribution >= 0.6 is 0 Å². The number of hydrogen-bond acceptors (Lipinski definition) is 3. The molecule has 0 fully saturated rings. The number of nitro benzene ring substituents is 1. The van der Waals surface area contributed by atoms with Gasteiger partial charge in [0.1, 0.15) is 0 Å². The highest BCUT2D eigenvalue weighted by Crippen LogP contribution is 2.22. The van der Waals surface area contributed by atoms with Crippen LogP contribution in [-0.4, -0.2) is 17.4 Å². The number of nitro groups is 1. The Morgan fingerprint density at radius 1 is 1.19 bits per heavy atom. The van der Waals surface area contributed by atoms with Gasteiger partial charge in [-0.05, 0) is 32.0 Å². The van der Waals surface area contributed by atoms with Crippen LogP contribution in [0.25, 0.3) is 0 Å². The van der Waals surface area contributed by atoms with Gasteiger partial charge in [0.05, 0.1) is 4.92 Å². The lowest BCUT2D eigenvalue weighted by atomic mass is 10.1. The van der Waals surface area contributed by atoms with Crippen molar-refractivity contribution in [1.29, 1.82) is 0 Å². The summed E-state index contributed by atoms with van der Waals surface area (Å²) < 4.78 is 0. The molecule has 21 heavy (non-hydrogen) atoms. The molecule has 0 heterocycles. The minimum Gasteiger partial charge on any atom is -0.309 e. The maximum atomic E-state index is 12.6. The van der Waals surface area contributed by atoms with Crippen LogP contribution in [0.1, 0.15) is 22.8 Å². The van der Waals surface area contributed by atoms with Gasteiger partial charge in [0.15, 0.2) is 0 Å². The van der Waals surface area contributed by atoms with Crippen molar-refractivity contribution in [1.82, 2.24) is 0 Å². The lowest BCUT2D eigenvalue weighted by Gasteiger charge is -2.21. The standard InChI is InChI=1S/C16H16N2O3/c1-3-17(14-7-5-4-6-8-14)16(19)13-10-9-12(2)15(11-13)18(20)21/h4-11H,3H2,1-2H3. The second kappa shape index (κ2) is 6.17. The van der Waals surface area contributed by atoms with Crippen molar-refractivity contribution in [3.63, 3.8) is 0 Å². The molecule has 2 aromatic rings. The van der Waals surface area contributed by atoms with E-state index in [1.165, 1.54) is 6.07 Å². The Labute approximate surface area is 123 Å². The van der Waals surface area contributed by atoms with Gasteiger partial charge >= 0.3 is 0 Å². The first-order valence-corrected chi connectivity index (χ1v) is 6.66. The molecule has 0 saturated carbocycles.